The molecule has 0 unspecified atom stereocenters. The molecule has 0 atom stereocenters. The highest BCUT2D eigenvalue weighted by Crippen LogP contribution is 2.40. The van der Waals surface area contributed by atoms with E-state index in [0.29, 0.717) is 0 Å². The molecular formula is C13H15F6NO2. The van der Waals surface area contributed by atoms with E-state index >= 15 is 0 Å². The fourth-order valence-corrected chi connectivity index (χ4v) is 2.38. The third-order valence-corrected chi connectivity index (χ3v) is 3.58. The van der Waals surface area contributed by atoms with Gasteiger partial charge in [0.2, 0.25) is 5.91 Å². The Bertz CT molecular complexity index is 460. The summed E-state index contributed by atoms with van der Waals surface area (Å²) < 4.78 is 76.1. The van der Waals surface area contributed by atoms with Gasteiger partial charge in [0.15, 0.2) is 0 Å². The zero-order chi connectivity index (χ0) is 17.3. The van der Waals surface area contributed by atoms with Gasteiger partial charge in [0, 0.05) is 11.5 Å². The van der Waals surface area contributed by atoms with Crippen LogP contribution in [0.3, 0.4) is 0 Å². The van der Waals surface area contributed by atoms with Crippen LogP contribution in [0.25, 0.3) is 0 Å². The van der Waals surface area contributed by atoms with Crippen LogP contribution in [0.4, 0.5) is 26.3 Å². The van der Waals surface area contributed by atoms with Crippen LogP contribution in [0.1, 0.15) is 32.6 Å². The average molecular weight is 331 g/mol. The van der Waals surface area contributed by atoms with E-state index in [1.165, 1.54) is 0 Å². The third kappa shape index (κ3) is 4.23. The van der Waals surface area contributed by atoms with Crippen molar-refractivity contribution in [1.82, 2.24) is 4.90 Å². The maximum Gasteiger partial charge on any atom is 0.494 e. The van der Waals surface area contributed by atoms with Crippen molar-refractivity contribution in [2.75, 3.05) is 0 Å². The molecule has 9 heteroatoms. The van der Waals surface area contributed by atoms with Crippen molar-refractivity contribution in [2.45, 2.75) is 45.1 Å². The van der Waals surface area contributed by atoms with Gasteiger partial charge in [-0.15, -0.1) is 13.2 Å². The summed E-state index contributed by atoms with van der Waals surface area (Å²) in [5.74, 6) is -5.96. The summed E-state index contributed by atoms with van der Waals surface area (Å²) in [6.45, 7) is 4.09. The van der Waals surface area contributed by atoms with Crippen molar-refractivity contribution in [2.24, 2.45) is 11.8 Å². The maximum atomic E-state index is 12.9. The molecule has 1 aliphatic rings. The number of nitrogens with zero attached hydrogens (tertiary/aromatic N) is 1. The standard InChI is InChI=1S/C13H15F6NO2/c1-7(2)10(21)20(13(17,18)19)11(22)8-3-5-9(6-4-8)12(14,15)16/h8-9H,1,3-6H2,2H3. The van der Waals surface area contributed by atoms with Crippen LogP contribution >= 0.6 is 0 Å². The first-order chi connectivity index (χ1) is 9.85. The van der Waals surface area contributed by atoms with Gasteiger partial charge in [0.05, 0.1) is 5.92 Å². The number of rotatable bonds is 2. The second-order valence-electron chi connectivity index (χ2n) is 5.32. The number of hydrogen-bond donors (Lipinski definition) is 0. The topological polar surface area (TPSA) is 37.4 Å². The molecule has 0 heterocycles. The van der Waals surface area contributed by atoms with Gasteiger partial charge in [-0.3, -0.25) is 9.59 Å². The molecule has 126 valence electrons. The van der Waals surface area contributed by atoms with Gasteiger partial charge in [0.25, 0.3) is 5.91 Å². The fraction of sp³-hybridized carbons (Fsp3) is 0.692. The molecule has 0 saturated heterocycles. The monoisotopic (exact) mass is 331 g/mol. The molecule has 0 bridgehead atoms. The molecule has 0 aromatic rings. The van der Waals surface area contributed by atoms with Gasteiger partial charge in [-0.1, -0.05) is 6.58 Å². The highest BCUT2D eigenvalue weighted by atomic mass is 19.4. The van der Waals surface area contributed by atoms with E-state index in [2.05, 4.69) is 6.58 Å². The molecule has 1 fully saturated rings. The Balaban J connectivity index is 2.86. The van der Waals surface area contributed by atoms with Crippen molar-refractivity contribution < 1.29 is 35.9 Å². The summed E-state index contributed by atoms with van der Waals surface area (Å²) in [5, 5.41) is 0. The van der Waals surface area contributed by atoms with Crippen molar-refractivity contribution in [3.05, 3.63) is 12.2 Å². The van der Waals surface area contributed by atoms with Crippen LogP contribution < -0.4 is 0 Å². The van der Waals surface area contributed by atoms with Crippen molar-refractivity contribution in [1.29, 1.82) is 0 Å². The molecule has 0 radical (unpaired) electrons. The Morgan fingerprint density at radius 3 is 1.77 bits per heavy atom. The minimum atomic E-state index is -5.23. The molecule has 2 amide bonds. The van der Waals surface area contributed by atoms with E-state index in [1.54, 1.807) is 0 Å². The first-order valence-corrected chi connectivity index (χ1v) is 6.53. The molecule has 1 rings (SSSR count). The van der Waals surface area contributed by atoms with E-state index in [4.69, 9.17) is 0 Å². The van der Waals surface area contributed by atoms with Gasteiger partial charge >= 0.3 is 12.5 Å². The molecule has 0 aliphatic heterocycles. The van der Waals surface area contributed by atoms with E-state index in [1.807, 2.05) is 0 Å². The molecule has 0 spiro atoms. The molecule has 0 N–H and O–H groups in total. The molecule has 1 saturated carbocycles. The minimum absolute atomic E-state index is 0.334. The average Bonchev–Trinajstić information content (AvgIpc) is 2.36. The lowest BCUT2D eigenvalue weighted by Gasteiger charge is -2.32. The quantitative estimate of drug-likeness (QED) is 0.438. The molecule has 1 aliphatic carbocycles. The third-order valence-electron chi connectivity index (χ3n) is 3.58. The number of alkyl halides is 6. The number of carbonyl (C=O) groups is 2. The number of halogens is 6. The number of imide groups is 1. The summed E-state index contributed by atoms with van der Waals surface area (Å²) >= 11 is 0. The second kappa shape index (κ2) is 6.29. The second-order valence-corrected chi connectivity index (χ2v) is 5.32. The van der Waals surface area contributed by atoms with Crippen molar-refractivity contribution >= 4 is 11.8 Å². The van der Waals surface area contributed by atoms with Crippen LogP contribution in [-0.4, -0.2) is 29.2 Å². The summed E-state index contributed by atoms with van der Waals surface area (Å²) in [7, 11) is 0. The Labute approximate surface area is 122 Å². The Morgan fingerprint density at radius 1 is 1.00 bits per heavy atom. The lowest BCUT2D eigenvalue weighted by atomic mass is 9.81. The lowest BCUT2D eigenvalue weighted by Crippen LogP contribution is -2.50. The minimum Gasteiger partial charge on any atom is -0.274 e. The molecule has 0 aromatic carbocycles. The molecule has 0 aromatic heterocycles. The van der Waals surface area contributed by atoms with Gasteiger partial charge in [0.1, 0.15) is 0 Å². The Kier molecular flexibility index (Phi) is 5.30. The van der Waals surface area contributed by atoms with Crippen molar-refractivity contribution in [3.8, 4) is 0 Å². The van der Waals surface area contributed by atoms with Gasteiger partial charge in [-0.25, -0.2) is 0 Å². The number of hydrogen-bond acceptors (Lipinski definition) is 2. The summed E-state index contributed by atoms with van der Waals surface area (Å²) in [6.07, 6.45) is -11.2. The number of amides is 2. The molecule has 22 heavy (non-hydrogen) atoms. The number of carbonyl (C=O) groups excluding carboxylic acids is 2. The SMILES string of the molecule is C=C(C)C(=O)N(C(=O)C1CCC(C(F)(F)F)CC1)C(F)(F)F. The Morgan fingerprint density at radius 2 is 1.45 bits per heavy atom. The summed E-state index contributed by atoms with van der Waals surface area (Å²) in [4.78, 5) is 22.6. The van der Waals surface area contributed by atoms with Crippen molar-refractivity contribution in [3.63, 3.8) is 0 Å². The predicted octanol–water partition coefficient (Wildman–Crippen LogP) is 3.81. The van der Waals surface area contributed by atoms with Crippen LogP contribution in [0, 0.1) is 11.8 Å². The largest absolute Gasteiger partial charge is 0.494 e. The summed E-state index contributed by atoms with van der Waals surface area (Å²) in [5.41, 5.74) is -0.477. The lowest BCUT2D eigenvalue weighted by molar-refractivity contribution is -0.238. The Hall–Kier alpha value is -1.54. The normalized spacial score (nSPS) is 23.0. The van der Waals surface area contributed by atoms with E-state index in [-0.39, 0.29) is 12.8 Å². The highest BCUT2D eigenvalue weighted by molar-refractivity contribution is 6.04. The maximum absolute atomic E-state index is 12.9. The summed E-state index contributed by atoms with van der Waals surface area (Å²) in [6, 6.07) is 0. The van der Waals surface area contributed by atoms with Gasteiger partial charge in [-0.2, -0.15) is 18.1 Å². The highest BCUT2D eigenvalue weighted by Gasteiger charge is 2.49. The van der Waals surface area contributed by atoms with E-state index < -0.39 is 59.4 Å². The smallest absolute Gasteiger partial charge is 0.274 e. The first-order valence-electron chi connectivity index (χ1n) is 6.53. The van der Waals surface area contributed by atoms with Gasteiger partial charge in [-0.05, 0) is 32.6 Å². The van der Waals surface area contributed by atoms with Gasteiger partial charge < -0.3 is 0 Å². The fourth-order valence-electron chi connectivity index (χ4n) is 2.38. The molecule has 3 nitrogen and oxygen atoms in total. The van der Waals surface area contributed by atoms with E-state index in [9.17, 15) is 35.9 Å². The predicted molar refractivity (Wildman–Crippen MR) is 64.2 cm³/mol. The zero-order valence-electron chi connectivity index (χ0n) is 11.7. The van der Waals surface area contributed by atoms with Crippen LogP contribution in [0.15, 0.2) is 12.2 Å². The zero-order valence-corrected chi connectivity index (χ0v) is 11.7. The van der Waals surface area contributed by atoms with Crippen LogP contribution in [0.5, 0.6) is 0 Å². The molecular weight excluding hydrogens is 316 g/mol. The van der Waals surface area contributed by atoms with E-state index in [0.717, 1.165) is 6.92 Å². The van der Waals surface area contributed by atoms with Crippen LogP contribution in [0.2, 0.25) is 0 Å². The first kappa shape index (κ1) is 18.5. The van der Waals surface area contributed by atoms with Crippen LogP contribution in [-0.2, 0) is 9.59 Å².